The van der Waals surface area contributed by atoms with Crippen molar-refractivity contribution in [3.63, 3.8) is 0 Å². The van der Waals surface area contributed by atoms with Crippen molar-refractivity contribution in [3.8, 4) is 5.75 Å². The second kappa shape index (κ2) is 14.8. The summed E-state index contributed by atoms with van der Waals surface area (Å²) in [5.74, 6) is -10.9. The SMILES string of the molecule is CC(/C=C(/C)[N]([Ge][O]c1c(F)c(F)c(F)c(F)c1F)c1c(C(C)C)cccc1C(C)C)=Nc1c(C(C)C)cccc1C(C)C. The van der Waals surface area contributed by atoms with E-state index in [9.17, 15) is 22.0 Å². The number of anilines is 1. The van der Waals surface area contributed by atoms with Crippen molar-refractivity contribution >= 4 is 33.1 Å². The number of rotatable bonds is 11. The van der Waals surface area contributed by atoms with Crippen molar-refractivity contribution in [1.29, 1.82) is 0 Å². The van der Waals surface area contributed by atoms with Crippen LogP contribution in [0.1, 0.15) is 115 Å². The molecular formula is C35H41F5GeN2O. The average Bonchev–Trinajstić information content (AvgIpc) is 2.96. The van der Waals surface area contributed by atoms with E-state index in [1.807, 2.05) is 75.7 Å². The number of hydrogen-bond acceptors (Lipinski definition) is 3. The van der Waals surface area contributed by atoms with Gasteiger partial charge in [-0.1, -0.05) is 0 Å². The maximum absolute atomic E-state index is 14.7. The molecule has 3 nitrogen and oxygen atoms in total. The van der Waals surface area contributed by atoms with Crippen molar-refractivity contribution in [2.24, 2.45) is 4.99 Å². The molecule has 0 heterocycles. The molecule has 3 aromatic carbocycles. The van der Waals surface area contributed by atoms with E-state index in [-0.39, 0.29) is 23.7 Å². The Hall–Kier alpha value is -3.14. The number of halogens is 5. The van der Waals surface area contributed by atoms with Crippen molar-refractivity contribution in [2.75, 3.05) is 3.86 Å². The Morgan fingerprint density at radius 3 is 1.45 bits per heavy atom. The van der Waals surface area contributed by atoms with E-state index in [4.69, 9.17) is 8.76 Å². The molecule has 0 aliphatic carbocycles. The van der Waals surface area contributed by atoms with E-state index in [0.29, 0.717) is 11.4 Å². The Morgan fingerprint density at radius 1 is 0.659 bits per heavy atom. The molecule has 9 heteroatoms. The molecule has 0 unspecified atom stereocenters. The van der Waals surface area contributed by atoms with Crippen LogP contribution in [0.3, 0.4) is 0 Å². The molecule has 0 spiro atoms. The molecule has 0 saturated carbocycles. The molecule has 0 aliphatic rings. The van der Waals surface area contributed by atoms with E-state index in [1.165, 1.54) is 0 Å². The van der Waals surface area contributed by atoms with Gasteiger partial charge in [0.1, 0.15) is 0 Å². The number of nitrogens with zero attached hydrogens (tertiary/aromatic N) is 2. The molecule has 3 rings (SSSR count). The molecular weight excluding hydrogens is 632 g/mol. The number of aliphatic imine (C=N–C) groups is 1. The normalized spacial score (nSPS) is 12.7. The summed E-state index contributed by atoms with van der Waals surface area (Å²) in [4.78, 5) is 5.04. The van der Waals surface area contributed by atoms with Gasteiger partial charge in [-0.3, -0.25) is 0 Å². The summed E-state index contributed by atoms with van der Waals surface area (Å²) in [5, 5.41) is 0. The first-order valence-electron chi connectivity index (χ1n) is 14.8. The van der Waals surface area contributed by atoms with E-state index < -0.39 is 50.8 Å². The third-order valence-electron chi connectivity index (χ3n) is 7.38. The number of hydrogen-bond donors (Lipinski definition) is 0. The average molecular weight is 673 g/mol. The van der Waals surface area contributed by atoms with Crippen LogP contribution in [0.5, 0.6) is 5.75 Å². The molecule has 0 aliphatic heterocycles. The molecule has 44 heavy (non-hydrogen) atoms. The second-order valence-electron chi connectivity index (χ2n) is 12.2. The van der Waals surface area contributed by atoms with Crippen LogP contribution in [0.4, 0.5) is 33.3 Å². The Labute approximate surface area is 265 Å². The first-order valence-corrected chi connectivity index (χ1v) is 16.6. The summed E-state index contributed by atoms with van der Waals surface area (Å²) >= 11 is -2.03. The van der Waals surface area contributed by atoms with E-state index in [2.05, 4.69) is 39.8 Å². The van der Waals surface area contributed by atoms with E-state index in [1.54, 1.807) is 0 Å². The van der Waals surface area contributed by atoms with E-state index >= 15 is 0 Å². The van der Waals surface area contributed by atoms with Crippen molar-refractivity contribution in [3.05, 3.63) is 99.5 Å². The van der Waals surface area contributed by atoms with Crippen molar-refractivity contribution in [2.45, 2.75) is 92.9 Å². The Kier molecular flexibility index (Phi) is 11.9. The van der Waals surface area contributed by atoms with Crippen LogP contribution < -0.4 is 7.62 Å². The molecule has 3 aromatic rings. The van der Waals surface area contributed by atoms with Gasteiger partial charge in [-0.25, -0.2) is 0 Å². The van der Waals surface area contributed by atoms with Gasteiger partial charge < -0.3 is 0 Å². The number of benzene rings is 3. The van der Waals surface area contributed by atoms with Gasteiger partial charge in [0.15, 0.2) is 0 Å². The number of para-hydroxylation sites is 2. The summed E-state index contributed by atoms with van der Waals surface area (Å²) in [6.07, 6.45) is 1.87. The molecule has 0 saturated heterocycles. The maximum atomic E-state index is 14.7. The van der Waals surface area contributed by atoms with Gasteiger partial charge in [-0.05, 0) is 0 Å². The van der Waals surface area contributed by atoms with Crippen molar-refractivity contribution < 1.29 is 25.7 Å². The molecule has 0 bridgehead atoms. The molecule has 0 N–H and O–H groups in total. The zero-order chi connectivity index (χ0) is 33.0. The third kappa shape index (κ3) is 7.56. The predicted octanol–water partition coefficient (Wildman–Crippen LogP) is 11.0. The third-order valence-corrected chi connectivity index (χ3v) is 9.59. The topological polar surface area (TPSA) is 24.8 Å². The standard InChI is InChI=1S/C35H41F5GeN2O/c1-18(2)24-13-11-14-25(19(3)4)33(24)42-22(9)17-23(10)43(34-26(20(5)6)15-12-16-27(34)21(7)8)41-44-35-31(39)29(37)28(36)30(38)32(35)40/h11-21H,1-10H3/b23-17-,42-22?. The molecule has 2 radical (unpaired) electrons. The zero-order valence-corrected chi connectivity index (χ0v) is 29.1. The van der Waals surface area contributed by atoms with Gasteiger partial charge in [-0.15, -0.1) is 0 Å². The first-order chi connectivity index (χ1) is 20.6. The second-order valence-corrected chi connectivity index (χ2v) is 13.9. The summed E-state index contributed by atoms with van der Waals surface area (Å²) in [6.45, 7) is 20.3. The minimum atomic E-state index is -2.22. The Bertz CT molecular complexity index is 1480. The number of allylic oxidation sites excluding steroid dienone is 2. The summed E-state index contributed by atoms with van der Waals surface area (Å²) in [7, 11) is 0. The molecule has 0 fully saturated rings. The van der Waals surface area contributed by atoms with Crippen LogP contribution in [0.15, 0.2) is 53.2 Å². The molecule has 0 atom stereocenters. The van der Waals surface area contributed by atoms with Gasteiger partial charge in [-0.2, -0.15) is 0 Å². The van der Waals surface area contributed by atoms with Crippen LogP contribution in [0.25, 0.3) is 0 Å². The van der Waals surface area contributed by atoms with Crippen LogP contribution in [0.2, 0.25) is 0 Å². The fourth-order valence-corrected chi connectivity index (χ4v) is 6.98. The van der Waals surface area contributed by atoms with Crippen LogP contribution in [-0.2, 0) is 0 Å². The fraction of sp³-hybridized carbons (Fsp3) is 0.400. The van der Waals surface area contributed by atoms with Crippen LogP contribution >= 0.6 is 0 Å². The summed E-state index contributed by atoms with van der Waals surface area (Å²) in [5.41, 5.74) is 7.24. The molecule has 0 aromatic heterocycles. The summed E-state index contributed by atoms with van der Waals surface area (Å²) < 4.78 is 78.5. The van der Waals surface area contributed by atoms with Gasteiger partial charge in [0.05, 0.1) is 0 Å². The minimum absolute atomic E-state index is 0.0704. The first kappa shape index (κ1) is 35.3. The Balaban J connectivity index is 2.23. The molecule has 236 valence electrons. The molecule has 0 amide bonds. The Morgan fingerprint density at radius 2 is 1.05 bits per heavy atom. The van der Waals surface area contributed by atoms with Crippen LogP contribution in [0, 0.1) is 29.1 Å². The fourth-order valence-electron chi connectivity index (χ4n) is 5.05. The van der Waals surface area contributed by atoms with Crippen LogP contribution in [-0.4, -0.2) is 21.7 Å². The van der Waals surface area contributed by atoms with Gasteiger partial charge in [0.25, 0.3) is 0 Å². The predicted molar refractivity (Wildman–Crippen MR) is 171 cm³/mol. The van der Waals surface area contributed by atoms with Gasteiger partial charge >= 0.3 is 266 Å². The summed E-state index contributed by atoms with van der Waals surface area (Å²) in [6, 6.07) is 12.1. The van der Waals surface area contributed by atoms with Gasteiger partial charge in [0.2, 0.25) is 0 Å². The monoisotopic (exact) mass is 674 g/mol. The zero-order valence-electron chi connectivity index (χ0n) is 27.0. The van der Waals surface area contributed by atoms with Crippen molar-refractivity contribution in [1.82, 2.24) is 0 Å². The quantitative estimate of drug-likeness (QED) is 0.0666. The van der Waals surface area contributed by atoms with E-state index in [0.717, 1.165) is 33.6 Å². The van der Waals surface area contributed by atoms with Gasteiger partial charge in [0, 0.05) is 0 Å².